The molecule has 0 saturated carbocycles. The summed E-state index contributed by atoms with van der Waals surface area (Å²) in [4.78, 5) is 21.7. The van der Waals surface area contributed by atoms with Gasteiger partial charge in [0.15, 0.2) is 11.3 Å². The number of carbonyl (C=O) groups excluding carboxylic acids is 1. The summed E-state index contributed by atoms with van der Waals surface area (Å²) in [7, 11) is 3.75. The second kappa shape index (κ2) is 6.26. The van der Waals surface area contributed by atoms with E-state index in [9.17, 15) is 4.79 Å². The topological polar surface area (TPSA) is 94.9 Å². The summed E-state index contributed by atoms with van der Waals surface area (Å²) in [6.45, 7) is 1.98. The summed E-state index contributed by atoms with van der Waals surface area (Å²) in [5.41, 5.74) is 5.36. The highest BCUT2D eigenvalue weighted by Crippen LogP contribution is 2.23. The summed E-state index contributed by atoms with van der Waals surface area (Å²) in [6.07, 6.45) is 3.48. The molecule has 0 atom stereocenters. The third-order valence-electron chi connectivity index (χ3n) is 5.11. The molecular weight excluding hydrogens is 368 g/mol. The Morgan fingerprint density at radius 1 is 1.14 bits per heavy atom. The van der Waals surface area contributed by atoms with Crippen molar-refractivity contribution in [2.45, 2.75) is 6.92 Å². The number of imidazole rings is 1. The SMILES string of the molecule is Cc1c(-c2ccnc3cc(C(=O)Nc4nc5ccccc5n4C)nn23)cnn1C. The fraction of sp³-hybridized carbons (Fsp3) is 0.150. The third-order valence-corrected chi connectivity index (χ3v) is 5.11. The van der Waals surface area contributed by atoms with Crippen molar-refractivity contribution in [3.63, 3.8) is 0 Å². The summed E-state index contributed by atoms with van der Waals surface area (Å²) < 4.78 is 5.30. The highest BCUT2D eigenvalue weighted by Gasteiger charge is 2.18. The number of aromatic nitrogens is 7. The lowest BCUT2D eigenvalue weighted by atomic mass is 10.2. The summed E-state index contributed by atoms with van der Waals surface area (Å²) >= 11 is 0. The number of rotatable bonds is 3. The zero-order valence-corrected chi connectivity index (χ0v) is 16.2. The van der Waals surface area contributed by atoms with Crippen LogP contribution in [-0.2, 0) is 14.1 Å². The average molecular weight is 386 g/mol. The first-order chi connectivity index (χ1) is 14.0. The van der Waals surface area contributed by atoms with Crippen molar-refractivity contribution in [3.05, 3.63) is 60.2 Å². The lowest BCUT2D eigenvalue weighted by Crippen LogP contribution is -2.15. The van der Waals surface area contributed by atoms with Gasteiger partial charge in [-0.05, 0) is 25.1 Å². The number of anilines is 1. The van der Waals surface area contributed by atoms with Gasteiger partial charge in [0.05, 0.1) is 22.9 Å². The maximum atomic E-state index is 12.8. The van der Waals surface area contributed by atoms with Gasteiger partial charge in [-0.15, -0.1) is 0 Å². The van der Waals surface area contributed by atoms with Crippen LogP contribution in [0.3, 0.4) is 0 Å². The molecule has 0 unspecified atom stereocenters. The molecule has 1 aromatic carbocycles. The molecule has 1 amide bonds. The van der Waals surface area contributed by atoms with Crippen LogP contribution in [0.5, 0.6) is 0 Å². The van der Waals surface area contributed by atoms with Crippen LogP contribution >= 0.6 is 0 Å². The number of para-hydroxylation sites is 2. The van der Waals surface area contributed by atoms with Gasteiger partial charge < -0.3 is 4.57 Å². The monoisotopic (exact) mass is 386 g/mol. The molecule has 144 valence electrons. The number of aryl methyl sites for hydroxylation is 2. The largest absolute Gasteiger partial charge is 0.313 e. The molecule has 4 heterocycles. The molecule has 0 aliphatic heterocycles. The summed E-state index contributed by atoms with van der Waals surface area (Å²) in [5, 5.41) is 11.6. The number of hydrogen-bond acceptors (Lipinski definition) is 5. The first kappa shape index (κ1) is 17.1. The van der Waals surface area contributed by atoms with Gasteiger partial charge in [-0.25, -0.2) is 14.5 Å². The zero-order valence-electron chi connectivity index (χ0n) is 16.2. The number of carbonyl (C=O) groups is 1. The highest BCUT2D eigenvalue weighted by molar-refractivity contribution is 6.03. The number of hydrogen-bond donors (Lipinski definition) is 1. The average Bonchev–Trinajstić information content (AvgIpc) is 3.39. The Kier molecular flexibility index (Phi) is 3.70. The molecule has 5 aromatic rings. The maximum Gasteiger partial charge on any atom is 0.278 e. The molecule has 0 aliphatic carbocycles. The normalized spacial score (nSPS) is 11.4. The first-order valence-electron chi connectivity index (χ1n) is 9.09. The van der Waals surface area contributed by atoms with Crippen molar-refractivity contribution >= 4 is 28.5 Å². The molecule has 29 heavy (non-hydrogen) atoms. The van der Waals surface area contributed by atoms with E-state index in [1.165, 1.54) is 0 Å². The van der Waals surface area contributed by atoms with Crippen LogP contribution < -0.4 is 5.32 Å². The second-order valence-corrected chi connectivity index (χ2v) is 6.83. The quantitative estimate of drug-likeness (QED) is 0.514. The van der Waals surface area contributed by atoms with Gasteiger partial charge >= 0.3 is 0 Å². The zero-order chi connectivity index (χ0) is 20.1. The number of fused-ring (bicyclic) bond motifs is 2. The van der Waals surface area contributed by atoms with Crippen molar-refractivity contribution in [1.82, 2.24) is 33.9 Å². The van der Waals surface area contributed by atoms with E-state index in [-0.39, 0.29) is 11.6 Å². The fourth-order valence-electron chi connectivity index (χ4n) is 3.38. The standard InChI is InChI=1S/C20H18N8O/c1-12-13(11-22-27(12)3)16-8-9-21-18-10-15(25-28(16)18)19(29)24-20-23-14-6-4-5-7-17(14)26(20)2/h4-11H,1-3H3,(H,23,24,29). The highest BCUT2D eigenvalue weighted by atomic mass is 16.2. The van der Waals surface area contributed by atoms with Crippen LogP contribution in [-0.4, -0.2) is 39.8 Å². The van der Waals surface area contributed by atoms with E-state index in [1.807, 2.05) is 55.9 Å². The molecule has 9 nitrogen and oxygen atoms in total. The first-order valence-corrected chi connectivity index (χ1v) is 9.09. The maximum absolute atomic E-state index is 12.8. The number of nitrogens with one attached hydrogen (secondary N) is 1. The molecule has 1 N–H and O–H groups in total. The molecule has 0 radical (unpaired) electrons. The van der Waals surface area contributed by atoms with E-state index in [1.54, 1.807) is 27.7 Å². The van der Waals surface area contributed by atoms with E-state index in [2.05, 4.69) is 25.5 Å². The molecule has 0 aliphatic rings. The minimum Gasteiger partial charge on any atom is -0.313 e. The number of amides is 1. The minimum atomic E-state index is -0.345. The molecule has 0 spiro atoms. The lowest BCUT2D eigenvalue weighted by molar-refractivity contribution is 0.102. The number of benzene rings is 1. The molecular formula is C20H18N8O. The Morgan fingerprint density at radius 2 is 1.97 bits per heavy atom. The van der Waals surface area contributed by atoms with Crippen LogP contribution in [0.1, 0.15) is 16.2 Å². The Hall–Kier alpha value is -4.01. The van der Waals surface area contributed by atoms with Crippen LogP contribution in [0.15, 0.2) is 48.8 Å². The Labute approximate surface area is 165 Å². The predicted molar refractivity (Wildman–Crippen MR) is 109 cm³/mol. The van der Waals surface area contributed by atoms with E-state index in [0.29, 0.717) is 11.6 Å². The van der Waals surface area contributed by atoms with Crippen molar-refractivity contribution in [2.24, 2.45) is 14.1 Å². The van der Waals surface area contributed by atoms with Gasteiger partial charge in [0.2, 0.25) is 5.95 Å². The van der Waals surface area contributed by atoms with Crippen molar-refractivity contribution < 1.29 is 4.79 Å². The van der Waals surface area contributed by atoms with Crippen LogP contribution in [0.4, 0.5) is 5.95 Å². The smallest absolute Gasteiger partial charge is 0.278 e. The minimum absolute atomic E-state index is 0.263. The molecule has 5 rings (SSSR count). The summed E-state index contributed by atoms with van der Waals surface area (Å²) in [6, 6.07) is 11.2. The van der Waals surface area contributed by atoms with Gasteiger partial charge in [0.25, 0.3) is 5.91 Å². The van der Waals surface area contributed by atoms with Crippen molar-refractivity contribution in [2.75, 3.05) is 5.32 Å². The van der Waals surface area contributed by atoms with Crippen LogP contribution in [0.2, 0.25) is 0 Å². The van der Waals surface area contributed by atoms with Crippen LogP contribution in [0.25, 0.3) is 27.9 Å². The lowest BCUT2D eigenvalue weighted by Gasteiger charge is -2.04. The van der Waals surface area contributed by atoms with Crippen molar-refractivity contribution in [3.8, 4) is 11.3 Å². The van der Waals surface area contributed by atoms with E-state index >= 15 is 0 Å². The Morgan fingerprint density at radius 3 is 2.72 bits per heavy atom. The van der Waals surface area contributed by atoms with Crippen LogP contribution in [0, 0.1) is 6.92 Å². The number of nitrogens with zero attached hydrogens (tertiary/aromatic N) is 7. The molecule has 0 saturated heterocycles. The molecule has 4 aromatic heterocycles. The van der Waals surface area contributed by atoms with E-state index < -0.39 is 0 Å². The van der Waals surface area contributed by atoms with Gasteiger partial charge in [-0.2, -0.15) is 10.2 Å². The Balaban J connectivity index is 1.53. The van der Waals surface area contributed by atoms with Gasteiger partial charge in [-0.3, -0.25) is 14.8 Å². The molecule has 0 bridgehead atoms. The third kappa shape index (κ3) is 2.66. The summed E-state index contributed by atoms with van der Waals surface area (Å²) in [5.74, 6) is 0.118. The molecule has 0 fully saturated rings. The van der Waals surface area contributed by atoms with Crippen molar-refractivity contribution in [1.29, 1.82) is 0 Å². The van der Waals surface area contributed by atoms with Gasteiger partial charge in [-0.1, -0.05) is 12.1 Å². The fourth-order valence-corrected chi connectivity index (χ4v) is 3.38. The second-order valence-electron chi connectivity index (χ2n) is 6.83. The Bertz CT molecular complexity index is 1390. The molecule has 9 heteroatoms. The predicted octanol–water partition coefficient (Wildman–Crippen LogP) is 2.58. The van der Waals surface area contributed by atoms with E-state index in [4.69, 9.17) is 0 Å². The van der Waals surface area contributed by atoms with Gasteiger partial charge in [0.1, 0.15) is 0 Å². The van der Waals surface area contributed by atoms with E-state index in [0.717, 1.165) is 28.0 Å². The van der Waals surface area contributed by atoms with Gasteiger partial charge in [0, 0.05) is 37.6 Å².